The van der Waals surface area contributed by atoms with E-state index in [4.69, 9.17) is 5.11 Å². The molecular weight excluding hydrogens is 209 g/mol. The number of carbonyl (C=O) groups is 1. The van der Waals surface area contributed by atoms with Crippen LogP contribution in [0.2, 0.25) is 0 Å². The van der Waals surface area contributed by atoms with Crippen LogP contribution in [0.1, 0.15) is 5.69 Å². The van der Waals surface area contributed by atoms with Crippen molar-refractivity contribution in [3.05, 3.63) is 35.8 Å². The predicted molar refractivity (Wildman–Crippen MR) is 56.7 cm³/mol. The van der Waals surface area contributed by atoms with Crippen LogP contribution in [0.3, 0.4) is 0 Å². The number of benzene rings is 1. The van der Waals surface area contributed by atoms with Gasteiger partial charge in [0.25, 0.3) is 0 Å². The first-order chi connectivity index (χ1) is 7.65. The number of fused-ring (bicyclic) bond motifs is 3. The van der Waals surface area contributed by atoms with Gasteiger partial charge in [-0.2, -0.15) is 0 Å². The zero-order chi connectivity index (χ0) is 11.3. The Balaban J connectivity index is 2.12. The molecule has 1 aromatic heterocycles. The van der Waals surface area contributed by atoms with Crippen molar-refractivity contribution < 1.29 is 14.3 Å². The Labute approximate surface area is 91.1 Å². The molecule has 1 aliphatic rings. The lowest BCUT2D eigenvalue weighted by molar-refractivity contribution is -0.141. The van der Waals surface area contributed by atoms with Gasteiger partial charge in [-0.05, 0) is 24.3 Å². The zero-order valence-corrected chi connectivity index (χ0v) is 8.48. The van der Waals surface area contributed by atoms with E-state index in [0.29, 0.717) is 13.0 Å². The van der Waals surface area contributed by atoms with Gasteiger partial charge in [0.1, 0.15) is 5.82 Å². The van der Waals surface area contributed by atoms with Gasteiger partial charge in [0.05, 0.1) is 5.92 Å². The van der Waals surface area contributed by atoms with Crippen molar-refractivity contribution in [1.82, 2.24) is 4.57 Å². The molecule has 1 N–H and O–H groups in total. The average molecular weight is 219 g/mol. The number of aromatic nitrogens is 1. The molecule has 0 spiro atoms. The van der Waals surface area contributed by atoms with Crippen LogP contribution < -0.4 is 0 Å². The number of aliphatic carboxylic acids is 1. The van der Waals surface area contributed by atoms with Crippen molar-refractivity contribution in [3.8, 4) is 0 Å². The zero-order valence-electron chi connectivity index (χ0n) is 8.48. The molecule has 0 radical (unpaired) electrons. The second-order valence-corrected chi connectivity index (χ2v) is 4.19. The number of rotatable bonds is 1. The van der Waals surface area contributed by atoms with Crippen molar-refractivity contribution >= 4 is 16.9 Å². The highest BCUT2D eigenvalue weighted by atomic mass is 19.1. The molecule has 82 valence electrons. The molecule has 1 aromatic carbocycles. The van der Waals surface area contributed by atoms with Crippen LogP contribution in [0, 0.1) is 11.7 Å². The summed E-state index contributed by atoms with van der Waals surface area (Å²) in [5, 5.41) is 9.79. The fraction of sp³-hybridized carbons (Fsp3) is 0.250. The number of halogens is 1. The Morgan fingerprint density at radius 1 is 1.44 bits per heavy atom. The van der Waals surface area contributed by atoms with Gasteiger partial charge < -0.3 is 9.67 Å². The third-order valence-electron chi connectivity index (χ3n) is 3.16. The third-order valence-corrected chi connectivity index (χ3v) is 3.16. The SMILES string of the molecule is O=C(O)C1Cc2cc3cc(F)ccc3n2C1. The normalized spacial score (nSPS) is 18.9. The molecule has 1 aliphatic heterocycles. The molecule has 3 nitrogen and oxygen atoms in total. The largest absolute Gasteiger partial charge is 0.481 e. The van der Waals surface area contributed by atoms with Gasteiger partial charge in [-0.3, -0.25) is 4.79 Å². The first-order valence-electron chi connectivity index (χ1n) is 5.15. The summed E-state index contributed by atoms with van der Waals surface area (Å²) in [6, 6.07) is 6.47. The predicted octanol–water partition coefficient (Wildman–Crippen LogP) is 2.04. The van der Waals surface area contributed by atoms with Crippen LogP contribution in [0.4, 0.5) is 4.39 Å². The molecule has 16 heavy (non-hydrogen) atoms. The van der Waals surface area contributed by atoms with E-state index >= 15 is 0 Å². The fourth-order valence-electron chi connectivity index (χ4n) is 2.39. The Kier molecular flexibility index (Phi) is 1.80. The van der Waals surface area contributed by atoms with Crippen LogP contribution in [0.25, 0.3) is 10.9 Å². The van der Waals surface area contributed by atoms with Gasteiger partial charge in [-0.15, -0.1) is 0 Å². The minimum atomic E-state index is -0.765. The third kappa shape index (κ3) is 1.23. The number of carboxylic acids is 1. The first-order valence-corrected chi connectivity index (χ1v) is 5.15. The highest BCUT2D eigenvalue weighted by Crippen LogP contribution is 2.29. The van der Waals surface area contributed by atoms with Gasteiger partial charge in [-0.25, -0.2) is 4.39 Å². The molecule has 0 saturated heterocycles. The first kappa shape index (κ1) is 9.39. The monoisotopic (exact) mass is 219 g/mol. The summed E-state index contributed by atoms with van der Waals surface area (Å²) in [5.74, 6) is -1.37. The van der Waals surface area contributed by atoms with E-state index in [9.17, 15) is 9.18 Å². The van der Waals surface area contributed by atoms with E-state index in [2.05, 4.69) is 0 Å². The van der Waals surface area contributed by atoms with Crippen LogP contribution in [0.5, 0.6) is 0 Å². The molecular formula is C12H10FNO2. The molecule has 2 heterocycles. The Morgan fingerprint density at radius 3 is 3.00 bits per heavy atom. The molecule has 1 unspecified atom stereocenters. The molecule has 0 amide bonds. The average Bonchev–Trinajstić information content (AvgIpc) is 2.73. The summed E-state index contributed by atoms with van der Waals surface area (Å²) in [6.07, 6.45) is 0.533. The van der Waals surface area contributed by atoms with Gasteiger partial charge in [-0.1, -0.05) is 0 Å². The maximum atomic E-state index is 13.0. The molecule has 0 aliphatic carbocycles. The summed E-state index contributed by atoms with van der Waals surface area (Å²) in [6.45, 7) is 0.486. The lowest BCUT2D eigenvalue weighted by Crippen LogP contribution is -2.14. The summed E-state index contributed by atoms with van der Waals surface area (Å²) < 4.78 is 15.0. The number of nitrogens with zero attached hydrogens (tertiary/aromatic N) is 1. The highest BCUT2D eigenvalue weighted by Gasteiger charge is 2.28. The van der Waals surface area contributed by atoms with E-state index in [1.807, 2.05) is 10.6 Å². The Bertz CT molecular complexity index is 588. The molecule has 0 fully saturated rings. The standard InChI is InChI=1S/C12H10FNO2/c13-9-1-2-11-7(3-9)4-10-5-8(12(15)16)6-14(10)11/h1-4,8H,5-6H2,(H,15,16). The quantitative estimate of drug-likeness (QED) is 0.797. The summed E-state index contributed by atoms with van der Waals surface area (Å²) in [5.41, 5.74) is 1.90. The van der Waals surface area contributed by atoms with Crippen molar-refractivity contribution in [2.24, 2.45) is 5.92 Å². The number of hydrogen-bond acceptors (Lipinski definition) is 1. The maximum Gasteiger partial charge on any atom is 0.308 e. The Morgan fingerprint density at radius 2 is 2.25 bits per heavy atom. The van der Waals surface area contributed by atoms with E-state index < -0.39 is 5.97 Å². The highest BCUT2D eigenvalue weighted by molar-refractivity contribution is 5.83. The second-order valence-electron chi connectivity index (χ2n) is 4.19. The maximum absolute atomic E-state index is 13.0. The lowest BCUT2D eigenvalue weighted by Gasteiger charge is -2.03. The molecule has 0 saturated carbocycles. The smallest absolute Gasteiger partial charge is 0.308 e. The minimum Gasteiger partial charge on any atom is -0.481 e. The van der Waals surface area contributed by atoms with Gasteiger partial charge in [0, 0.05) is 29.6 Å². The molecule has 1 atom stereocenters. The summed E-state index contributed by atoms with van der Waals surface area (Å²) in [7, 11) is 0. The van der Waals surface area contributed by atoms with Gasteiger partial charge >= 0.3 is 5.97 Å². The van der Waals surface area contributed by atoms with Crippen LogP contribution in [0.15, 0.2) is 24.3 Å². The molecule has 4 heteroatoms. The minimum absolute atomic E-state index is 0.258. The summed E-state index contributed by atoms with van der Waals surface area (Å²) >= 11 is 0. The van der Waals surface area contributed by atoms with Crippen molar-refractivity contribution in [2.75, 3.05) is 0 Å². The Hall–Kier alpha value is -1.84. The van der Waals surface area contributed by atoms with Crippen LogP contribution in [-0.2, 0) is 17.8 Å². The number of carboxylic acid groups (broad SMARTS) is 1. The number of hydrogen-bond donors (Lipinski definition) is 1. The lowest BCUT2D eigenvalue weighted by atomic mass is 10.1. The van der Waals surface area contributed by atoms with E-state index in [0.717, 1.165) is 16.6 Å². The summed E-state index contributed by atoms with van der Waals surface area (Å²) in [4.78, 5) is 10.9. The molecule has 0 bridgehead atoms. The molecule has 3 rings (SSSR count). The molecule has 2 aromatic rings. The van der Waals surface area contributed by atoms with Gasteiger partial charge in [0.2, 0.25) is 0 Å². The van der Waals surface area contributed by atoms with Crippen LogP contribution in [-0.4, -0.2) is 15.6 Å². The topological polar surface area (TPSA) is 42.2 Å². The van der Waals surface area contributed by atoms with E-state index in [-0.39, 0.29) is 11.7 Å². The second kappa shape index (κ2) is 3.07. The van der Waals surface area contributed by atoms with Crippen LogP contribution >= 0.6 is 0 Å². The van der Waals surface area contributed by atoms with Crippen molar-refractivity contribution in [2.45, 2.75) is 13.0 Å². The van der Waals surface area contributed by atoms with E-state index in [1.54, 1.807) is 6.07 Å². The fourth-order valence-corrected chi connectivity index (χ4v) is 2.39. The van der Waals surface area contributed by atoms with E-state index in [1.165, 1.54) is 12.1 Å². The van der Waals surface area contributed by atoms with Crippen molar-refractivity contribution in [3.63, 3.8) is 0 Å². The van der Waals surface area contributed by atoms with Gasteiger partial charge in [0.15, 0.2) is 0 Å². The van der Waals surface area contributed by atoms with Crippen molar-refractivity contribution in [1.29, 1.82) is 0 Å².